The van der Waals surface area contributed by atoms with Gasteiger partial charge < -0.3 is 9.30 Å². The van der Waals surface area contributed by atoms with Gasteiger partial charge >= 0.3 is 5.97 Å². The molecule has 0 bridgehead atoms. The summed E-state index contributed by atoms with van der Waals surface area (Å²) in [5.74, 6) is -1.49. The molecule has 2 amide bonds. The third kappa shape index (κ3) is 3.71. The molecule has 1 aliphatic rings. The van der Waals surface area contributed by atoms with Crippen molar-refractivity contribution in [1.82, 2.24) is 9.47 Å². The number of para-hydroxylation sites is 1. The molecular weight excluding hydrogens is 431 g/mol. The van der Waals surface area contributed by atoms with Crippen molar-refractivity contribution in [1.29, 1.82) is 0 Å². The second kappa shape index (κ2) is 8.63. The molecule has 164 valence electrons. The Kier molecular flexibility index (Phi) is 5.88. The molecule has 4 rings (SSSR count). The quantitative estimate of drug-likeness (QED) is 0.413. The SMILES string of the molecule is COC(=O)[C@@H](C)N1C(=O)S/C(=C/c2c(C)n(Cc3ccccc3F)c3ccccc23)C1=O. The number of nitrogens with zero attached hydrogens (tertiary/aromatic N) is 2. The van der Waals surface area contributed by atoms with Gasteiger partial charge in [0.1, 0.15) is 11.9 Å². The van der Waals surface area contributed by atoms with E-state index in [-0.39, 0.29) is 10.7 Å². The van der Waals surface area contributed by atoms with Crippen LogP contribution >= 0.6 is 11.8 Å². The fourth-order valence-corrected chi connectivity index (χ4v) is 4.75. The summed E-state index contributed by atoms with van der Waals surface area (Å²) in [6.45, 7) is 3.68. The number of hydrogen-bond acceptors (Lipinski definition) is 5. The average molecular weight is 453 g/mol. The van der Waals surface area contributed by atoms with Gasteiger partial charge in [-0.05, 0) is 43.8 Å². The molecule has 2 heterocycles. The van der Waals surface area contributed by atoms with Gasteiger partial charge in [0, 0.05) is 27.7 Å². The van der Waals surface area contributed by atoms with Crippen LogP contribution < -0.4 is 0 Å². The Morgan fingerprint density at radius 3 is 2.56 bits per heavy atom. The number of hydrogen-bond donors (Lipinski definition) is 0. The van der Waals surface area contributed by atoms with Gasteiger partial charge in [-0.15, -0.1) is 0 Å². The Balaban J connectivity index is 1.77. The normalized spacial score (nSPS) is 16.2. The van der Waals surface area contributed by atoms with Crippen molar-refractivity contribution in [2.45, 2.75) is 26.4 Å². The summed E-state index contributed by atoms with van der Waals surface area (Å²) in [7, 11) is 1.21. The lowest BCUT2D eigenvalue weighted by Gasteiger charge is -2.18. The van der Waals surface area contributed by atoms with E-state index in [1.54, 1.807) is 24.3 Å². The first-order valence-corrected chi connectivity index (χ1v) is 10.8. The van der Waals surface area contributed by atoms with Gasteiger partial charge in [-0.2, -0.15) is 0 Å². The Morgan fingerprint density at radius 2 is 1.84 bits per heavy atom. The molecular formula is C24H21FN2O4S. The van der Waals surface area contributed by atoms with Gasteiger partial charge in [-0.3, -0.25) is 14.5 Å². The lowest BCUT2D eigenvalue weighted by molar-refractivity contribution is -0.148. The maximum atomic E-state index is 14.3. The Morgan fingerprint density at radius 1 is 1.16 bits per heavy atom. The van der Waals surface area contributed by atoms with E-state index in [2.05, 4.69) is 4.74 Å². The number of benzene rings is 2. The molecule has 1 aliphatic heterocycles. The van der Waals surface area contributed by atoms with Crippen LogP contribution in [-0.2, 0) is 20.9 Å². The molecule has 0 spiro atoms. The Labute approximate surface area is 188 Å². The molecule has 0 unspecified atom stereocenters. The number of rotatable bonds is 5. The first-order valence-electron chi connectivity index (χ1n) is 9.99. The van der Waals surface area contributed by atoms with Gasteiger partial charge in [-0.1, -0.05) is 36.4 Å². The lowest BCUT2D eigenvalue weighted by Crippen LogP contribution is -2.42. The molecule has 32 heavy (non-hydrogen) atoms. The number of methoxy groups -OCH3 is 1. The summed E-state index contributed by atoms with van der Waals surface area (Å²) < 4.78 is 21.0. The third-order valence-electron chi connectivity index (χ3n) is 5.59. The minimum Gasteiger partial charge on any atom is -0.467 e. The summed E-state index contributed by atoms with van der Waals surface area (Å²) >= 11 is 0.787. The van der Waals surface area contributed by atoms with Crippen LogP contribution in [0, 0.1) is 12.7 Å². The molecule has 0 aliphatic carbocycles. The van der Waals surface area contributed by atoms with E-state index >= 15 is 0 Å². The van der Waals surface area contributed by atoms with Gasteiger partial charge in [0.25, 0.3) is 11.1 Å². The maximum absolute atomic E-state index is 14.3. The number of aromatic nitrogens is 1. The number of imide groups is 1. The highest BCUT2D eigenvalue weighted by Gasteiger charge is 2.41. The molecule has 1 saturated heterocycles. The van der Waals surface area contributed by atoms with Crippen LogP contribution in [0.3, 0.4) is 0 Å². The second-order valence-electron chi connectivity index (χ2n) is 7.44. The molecule has 6 nitrogen and oxygen atoms in total. The molecule has 1 atom stereocenters. The van der Waals surface area contributed by atoms with E-state index in [9.17, 15) is 18.8 Å². The van der Waals surface area contributed by atoms with Gasteiger partial charge in [0.2, 0.25) is 0 Å². The summed E-state index contributed by atoms with van der Waals surface area (Å²) in [5, 5.41) is 0.362. The van der Waals surface area contributed by atoms with E-state index in [1.807, 2.05) is 35.8 Å². The summed E-state index contributed by atoms with van der Waals surface area (Å²) in [4.78, 5) is 38.4. The van der Waals surface area contributed by atoms with Crippen molar-refractivity contribution in [2.24, 2.45) is 0 Å². The van der Waals surface area contributed by atoms with Crippen molar-refractivity contribution in [3.05, 3.63) is 76.1 Å². The number of halogens is 1. The third-order valence-corrected chi connectivity index (χ3v) is 6.48. The highest BCUT2D eigenvalue weighted by Crippen LogP contribution is 2.37. The number of carbonyl (C=O) groups is 3. The van der Waals surface area contributed by atoms with Crippen molar-refractivity contribution < 1.29 is 23.5 Å². The number of ether oxygens (including phenoxy) is 1. The first kappa shape index (κ1) is 21.8. The smallest absolute Gasteiger partial charge is 0.328 e. The van der Waals surface area contributed by atoms with Crippen LogP contribution in [0.4, 0.5) is 9.18 Å². The molecule has 1 aromatic heterocycles. The minimum absolute atomic E-state index is 0.225. The summed E-state index contributed by atoms with van der Waals surface area (Å²) in [6, 6.07) is 13.2. The zero-order valence-electron chi connectivity index (χ0n) is 17.8. The van der Waals surface area contributed by atoms with Crippen molar-refractivity contribution in [3.8, 4) is 0 Å². The van der Waals surface area contributed by atoms with Gasteiger partial charge in [-0.25, -0.2) is 9.18 Å². The number of esters is 1. The molecule has 0 N–H and O–H groups in total. The summed E-state index contributed by atoms with van der Waals surface area (Å²) in [6.07, 6.45) is 1.67. The van der Waals surface area contributed by atoms with E-state index in [4.69, 9.17) is 0 Å². The van der Waals surface area contributed by atoms with E-state index in [0.717, 1.165) is 38.8 Å². The fourth-order valence-electron chi connectivity index (χ4n) is 3.86. The minimum atomic E-state index is -1.01. The topological polar surface area (TPSA) is 68.6 Å². The van der Waals surface area contributed by atoms with Crippen LogP contribution in [0.1, 0.15) is 23.7 Å². The van der Waals surface area contributed by atoms with Gasteiger partial charge in [0.05, 0.1) is 18.6 Å². The standard InChI is InChI=1S/C24H21FN2O4S/c1-14-18(12-21-22(28)27(24(30)32-21)15(2)23(29)31-3)17-9-5-7-11-20(17)26(14)13-16-8-4-6-10-19(16)25/h4-12,15H,13H2,1-3H3/b21-12+/t15-/m1/s1. The number of carbonyl (C=O) groups excluding carboxylic acids is 3. The average Bonchev–Trinajstić information content (AvgIpc) is 3.22. The van der Waals surface area contributed by atoms with Crippen LogP contribution in [0.5, 0.6) is 0 Å². The first-order chi connectivity index (χ1) is 15.3. The van der Waals surface area contributed by atoms with Crippen LogP contribution in [0.25, 0.3) is 17.0 Å². The van der Waals surface area contributed by atoms with E-state index in [0.29, 0.717) is 12.1 Å². The second-order valence-corrected chi connectivity index (χ2v) is 8.44. The van der Waals surface area contributed by atoms with Crippen LogP contribution in [0.15, 0.2) is 53.4 Å². The number of thioether (sulfide) groups is 1. The Hall–Kier alpha value is -3.39. The number of fused-ring (bicyclic) bond motifs is 1. The molecule has 2 aromatic carbocycles. The molecule has 3 aromatic rings. The molecule has 0 radical (unpaired) electrons. The molecule has 0 saturated carbocycles. The van der Waals surface area contributed by atoms with Crippen molar-refractivity contribution in [2.75, 3.05) is 7.11 Å². The Bertz CT molecular complexity index is 1280. The van der Waals surface area contributed by atoms with Crippen molar-refractivity contribution in [3.63, 3.8) is 0 Å². The predicted molar refractivity (Wildman–Crippen MR) is 121 cm³/mol. The largest absolute Gasteiger partial charge is 0.467 e. The van der Waals surface area contributed by atoms with Gasteiger partial charge in [0.15, 0.2) is 0 Å². The molecule has 1 fully saturated rings. The zero-order chi connectivity index (χ0) is 23.0. The fraction of sp³-hybridized carbons (Fsp3) is 0.208. The lowest BCUT2D eigenvalue weighted by atomic mass is 10.1. The highest BCUT2D eigenvalue weighted by atomic mass is 32.2. The molecule has 8 heteroatoms. The highest BCUT2D eigenvalue weighted by molar-refractivity contribution is 8.18. The zero-order valence-corrected chi connectivity index (χ0v) is 18.6. The monoisotopic (exact) mass is 452 g/mol. The van der Waals surface area contributed by atoms with E-state index < -0.39 is 23.2 Å². The van der Waals surface area contributed by atoms with Crippen LogP contribution in [0.2, 0.25) is 0 Å². The number of amides is 2. The maximum Gasteiger partial charge on any atom is 0.328 e. The van der Waals surface area contributed by atoms with E-state index in [1.165, 1.54) is 20.1 Å². The summed E-state index contributed by atoms with van der Waals surface area (Å²) in [5.41, 5.74) is 3.05. The van der Waals surface area contributed by atoms with Crippen molar-refractivity contribution >= 4 is 45.9 Å². The van der Waals surface area contributed by atoms with Crippen LogP contribution in [-0.4, -0.2) is 39.7 Å². The predicted octanol–water partition coefficient (Wildman–Crippen LogP) is 4.73.